The predicted octanol–water partition coefficient (Wildman–Crippen LogP) is 7.67. The highest BCUT2D eigenvalue weighted by molar-refractivity contribution is 5.95. The number of hydrogen-bond acceptors (Lipinski definition) is 4. The van der Waals surface area contributed by atoms with Crippen LogP contribution in [0.3, 0.4) is 0 Å². The SMILES string of the molecule is COC(=O)CCc1ccc(Oc2cccc(-c3c4cccc(C(F)(F)F)c4nn3Cc3ccccc3)c2)cc1. The molecule has 5 rings (SSSR count). The molecule has 0 fully saturated rings. The standard InChI is InChI=1S/C31H25F3N2O3/c1-38-28(37)18-15-21-13-16-24(17-14-21)39-25-10-5-9-23(19-25)30-26-11-6-12-27(31(32,33)34)29(26)35-36(30)20-22-7-3-2-4-8-22/h2-14,16-17,19H,15,18,20H2,1H3. The first-order valence-electron chi connectivity index (χ1n) is 12.4. The Balaban J connectivity index is 1.49. The Morgan fingerprint density at radius 2 is 1.59 bits per heavy atom. The zero-order valence-electron chi connectivity index (χ0n) is 21.1. The van der Waals surface area contributed by atoms with Gasteiger partial charge in [0.2, 0.25) is 0 Å². The van der Waals surface area contributed by atoms with Crippen LogP contribution < -0.4 is 4.74 Å². The first-order valence-corrected chi connectivity index (χ1v) is 12.4. The normalized spacial score (nSPS) is 11.5. The van der Waals surface area contributed by atoms with Crippen LogP contribution in [0.2, 0.25) is 0 Å². The molecule has 0 amide bonds. The summed E-state index contributed by atoms with van der Waals surface area (Å²) in [6.07, 6.45) is -3.68. The third kappa shape index (κ3) is 5.95. The van der Waals surface area contributed by atoms with Gasteiger partial charge in [-0.15, -0.1) is 0 Å². The monoisotopic (exact) mass is 530 g/mol. The Morgan fingerprint density at radius 3 is 2.31 bits per heavy atom. The molecule has 198 valence electrons. The van der Waals surface area contributed by atoms with Gasteiger partial charge in [-0.3, -0.25) is 9.48 Å². The van der Waals surface area contributed by atoms with E-state index in [0.717, 1.165) is 17.2 Å². The van der Waals surface area contributed by atoms with Crippen LogP contribution in [0, 0.1) is 0 Å². The van der Waals surface area contributed by atoms with Crippen LogP contribution in [-0.2, 0) is 28.7 Å². The molecule has 5 nitrogen and oxygen atoms in total. The van der Waals surface area contributed by atoms with Crippen LogP contribution in [-0.4, -0.2) is 22.9 Å². The van der Waals surface area contributed by atoms with Crippen LogP contribution in [0.5, 0.6) is 11.5 Å². The van der Waals surface area contributed by atoms with Gasteiger partial charge in [0.05, 0.1) is 24.9 Å². The van der Waals surface area contributed by atoms with E-state index < -0.39 is 11.7 Å². The van der Waals surface area contributed by atoms with E-state index in [9.17, 15) is 18.0 Å². The topological polar surface area (TPSA) is 53.4 Å². The molecular weight excluding hydrogens is 505 g/mol. The second-order valence-corrected chi connectivity index (χ2v) is 9.04. The van der Waals surface area contributed by atoms with Crippen molar-refractivity contribution in [1.29, 1.82) is 0 Å². The van der Waals surface area contributed by atoms with Crippen LogP contribution in [0.1, 0.15) is 23.1 Å². The number of aryl methyl sites for hydroxylation is 1. The average Bonchev–Trinajstić information content (AvgIpc) is 3.30. The van der Waals surface area contributed by atoms with Crippen LogP contribution in [0.25, 0.3) is 22.2 Å². The molecule has 1 heterocycles. The van der Waals surface area contributed by atoms with Gasteiger partial charge in [-0.05, 0) is 47.9 Å². The summed E-state index contributed by atoms with van der Waals surface area (Å²) in [7, 11) is 1.36. The van der Waals surface area contributed by atoms with E-state index in [1.807, 2.05) is 60.7 Å². The number of carbonyl (C=O) groups excluding carboxylic acids is 1. The van der Waals surface area contributed by atoms with Gasteiger partial charge < -0.3 is 9.47 Å². The van der Waals surface area contributed by atoms with Crippen molar-refractivity contribution in [2.75, 3.05) is 7.11 Å². The minimum Gasteiger partial charge on any atom is -0.469 e. The van der Waals surface area contributed by atoms with Gasteiger partial charge in [-0.1, -0.05) is 66.7 Å². The third-order valence-corrected chi connectivity index (χ3v) is 6.36. The van der Waals surface area contributed by atoms with Gasteiger partial charge in [0.15, 0.2) is 0 Å². The smallest absolute Gasteiger partial charge is 0.418 e. The van der Waals surface area contributed by atoms with Crippen LogP contribution in [0.4, 0.5) is 13.2 Å². The number of rotatable bonds is 8. The molecule has 0 aliphatic heterocycles. The summed E-state index contributed by atoms with van der Waals surface area (Å²) in [5.41, 5.74) is 2.28. The Bertz CT molecular complexity index is 1590. The van der Waals surface area contributed by atoms with Crippen molar-refractivity contribution < 1.29 is 27.4 Å². The van der Waals surface area contributed by atoms with E-state index >= 15 is 0 Å². The minimum absolute atomic E-state index is 0.0928. The van der Waals surface area contributed by atoms with E-state index in [-0.39, 0.29) is 11.5 Å². The zero-order chi connectivity index (χ0) is 27.4. The van der Waals surface area contributed by atoms with E-state index in [1.165, 1.54) is 13.2 Å². The van der Waals surface area contributed by atoms with Crippen LogP contribution in [0.15, 0.2) is 97.1 Å². The molecule has 0 spiro atoms. The summed E-state index contributed by atoms with van der Waals surface area (Å²) in [6, 6.07) is 28.2. The zero-order valence-corrected chi connectivity index (χ0v) is 21.1. The molecular formula is C31H25F3N2O3. The molecule has 0 radical (unpaired) electrons. The lowest BCUT2D eigenvalue weighted by atomic mass is 10.0. The average molecular weight is 531 g/mol. The molecule has 8 heteroatoms. The maximum atomic E-state index is 13.8. The molecule has 39 heavy (non-hydrogen) atoms. The maximum absolute atomic E-state index is 13.8. The highest BCUT2D eigenvalue weighted by Crippen LogP contribution is 2.39. The number of hydrogen-bond donors (Lipinski definition) is 0. The number of esters is 1. The van der Waals surface area contributed by atoms with Crippen molar-refractivity contribution in [3.8, 4) is 22.8 Å². The Hall–Kier alpha value is -4.59. The summed E-state index contributed by atoms with van der Waals surface area (Å²) in [5, 5.41) is 4.84. The van der Waals surface area contributed by atoms with Crippen molar-refractivity contribution >= 4 is 16.9 Å². The molecule has 0 atom stereocenters. The molecule has 0 aliphatic carbocycles. The van der Waals surface area contributed by atoms with Crippen molar-refractivity contribution in [3.05, 3.63) is 114 Å². The van der Waals surface area contributed by atoms with Crippen molar-refractivity contribution in [2.24, 2.45) is 0 Å². The molecule has 0 saturated carbocycles. The minimum atomic E-state index is -4.53. The number of benzene rings is 4. The lowest BCUT2D eigenvalue weighted by molar-refractivity contribution is -0.140. The lowest BCUT2D eigenvalue weighted by Gasteiger charge is -2.11. The Kier molecular flexibility index (Phi) is 7.36. The molecule has 0 N–H and O–H groups in total. The molecule has 0 unspecified atom stereocenters. The molecule has 4 aromatic carbocycles. The number of ether oxygens (including phenoxy) is 2. The van der Waals surface area contributed by atoms with Gasteiger partial charge in [0, 0.05) is 17.4 Å². The lowest BCUT2D eigenvalue weighted by Crippen LogP contribution is -2.06. The number of halogens is 3. The Labute approximate surface area is 223 Å². The van der Waals surface area contributed by atoms with Crippen molar-refractivity contribution in [2.45, 2.75) is 25.6 Å². The highest BCUT2D eigenvalue weighted by atomic mass is 19.4. The number of methoxy groups -OCH3 is 1. The predicted molar refractivity (Wildman–Crippen MR) is 143 cm³/mol. The molecule has 5 aromatic rings. The van der Waals surface area contributed by atoms with Crippen molar-refractivity contribution in [3.63, 3.8) is 0 Å². The van der Waals surface area contributed by atoms with E-state index in [1.54, 1.807) is 28.9 Å². The number of aromatic nitrogens is 2. The molecule has 0 saturated heterocycles. The molecule has 0 aliphatic rings. The summed E-state index contributed by atoms with van der Waals surface area (Å²) in [5.74, 6) is 0.854. The van der Waals surface area contributed by atoms with E-state index in [4.69, 9.17) is 4.74 Å². The quantitative estimate of drug-likeness (QED) is 0.193. The highest BCUT2D eigenvalue weighted by Gasteiger charge is 2.34. The second-order valence-electron chi connectivity index (χ2n) is 9.04. The van der Waals surface area contributed by atoms with E-state index in [2.05, 4.69) is 9.84 Å². The van der Waals surface area contributed by atoms with Gasteiger partial charge in [0.1, 0.15) is 17.0 Å². The summed E-state index contributed by atoms with van der Waals surface area (Å²) in [6.45, 7) is 0.306. The van der Waals surface area contributed by atoms with E-state index in [0.29, 0.717) is 47.5 Å². The van der Waals surface area contributed by atoms with Crippen LogP contribution >= 0.6 is 0 Å². The summed E-state index contributed by atoms with van der Waals surface area (Å²) < 4.78 is 53.9. The number of carbonyl (C=O) groups is 1. The molecule has 0 bridgehead atoms. The second kappa shape index (κ2) is 11.0. The summed E-state index contributed by atoms with van der Waals surface area (Å²) >= 11 is 0. The molecule has 1 aromatic heterocycles. The maximum Gasteiger partial charge on any atom is 0.418 e. The Morgan fingerprint density at radius 1 is 0.846 bits per heavy atom. The number of alkyl halides is 3. The number of nitrogens with zero attached hydrogens (tertiary/aromatic N) is 2. The fourth-order valence-corrected chi connectivity index (χ4v) is 4.47. The number of fused-ring (bicyclic) bond motifs is 1. The van der Waals surface area contributed by atoms with Gasteiger partial charge in [0.25, 0.3) is 0 Å². The summed E-state index contributed by atoms with van der Waals surface area (Å²) in [4.78, 5) is 11.4. The largest absolute Gasteiger partial charge is 0.469 e. The van der Waals surface area contributed by atoms with Gasteiger partial charge >= 0.3 is 12.1 Å². The first-order chi connectivity index (χ1) is 18.8. The fourth-order valence-electron chi connectivity index (χ4n) is 4.47. The third-order valence-electron chi connectivity index (χ3n) is 6.36. The fraction of sp³-hybridized carbons (Fsp3) is 0.161. The van der Waals surface area contributed by atoms with Crippen molar-refractivity contribution in [1.82, 2.24) is 9.78 Å². The van der Waals surface area contributed by atoms with Gasteiger partial charge in [-0.2, -0.15) is 18.3 Å². The van der Waals surface area contributed by atoms with Gasteiger partial charge in [-0.25, -0.2) is 0 Å². The first kappa shape index (κ1) is 26.0.